The van der Waals surface area contributed by atoms with Crippen LogP contribution in [0.1, 0.15) is 33.6 Å². The highest BCUT2D eigenvalue weighted by atomic mass is 19.1. The molecule has 5 nitrogen and oxygen atoms in total. The van der Waals surface area contributed by atoms with Crippen molar-refractivity contribution in [2.24, 2.45) is 0 Å². The molecular formula is C27H23FN2O3. The molecule has 0 radical (unpaired) electrons. The van der Waals surface area contributed by atoms with Crippen LogP contribution in [0.3, 0.4) is 0 Å². The summed E-state index contributed by atoms with van der Waals surface area (Å²) < 4.78 is 18.8. The zero-order valence-electron chi connectivity index (χ0n) is 18.0. The molecule has 4 aromatic rings. The van der Waals surface area contributed by atoms with Gasteiger partial charge in [0.05, 0.1) is 11.8 Å². The average molecular weight is 442 g/mol. The second-order valence-corrected chi connectivity index (χ2v) is 8.18. The van der Waals surface area contributed by atoms with Crippen molar-refractivity contribution in [3.8, 4) is 11.1 Å². The van der Waals surface area contributed by atoms with E-state index in [1.165, 1.54) is 12.1 Å². The van der Waals surface area contributed by atoms with Gasteiger partial charge in [-0.1, -0.05) is 36.4 Å². The first-order valence-corrected chi connectivity index (χ1v) is 11.0. The summed E-state index contributed by atoms with van der Waals surface area (Å²) in [6.07, 6.45) is 3.47. The molecule has 33 heavy (non-hydrogen) atoms. The van der Waals surface area contributed by atoms with E-state index in [0.717, 1.165) is 29.4 Å². The summed E-state index contributed by atoms with van der Waals surface area (Å²) in [6, 6.07) is 20.8. The number of halogens is 1. The number of nitrogens with zero attached hydrogens (tertiary/aromatic N) is 1. The van der Waals surface area contributed by atoms with Gasteiger partial charge < -0.3 is 14.6 Å². The molecule has 6 heteroatoms. The van der Waals surface area contributed by atoms with Crippen LogP contribution in [0.15, 0.2) is 83.5 Å². The van der Waals surface area contributed by atoms with Crippen molar-refractivity contribution in [3.63, 3.8) is 0 Å². The fraction of sp³-hybridized carbons (Fsp3) is 0.185. The minimum absolute atomic E-state index is 0.0800. The second kappa shape index (κ2) is 8.90. The molecule has 1 aliphatic carbocycles. The summed E-state index contributed by atoms with van der Waals surface area (Å²) in [5, 5.41) is 3.70. The number of rotatable bonds is 7. The van der Waals surface area contributed by atoms with Gasteiger partial charge >= 0.3 is 0 Å². The van der Waals surface area contributed by atoms with Gasteiger partial charge in [0.25, 0.3) is 11.8 Å². The van der Waals surface area contributed by atoms with Gasteiger partial charge in [-0.2, -0.15) is 0 Å². The molecule has 5 rings (SSSR count). The van der Waals surface area contributed by atoms with Crippen LogP contribution >= 0.6 is 0 Å². The smallest absolute Gasteiger partial charge is 0.254 e. The molecule has 2 amide bonds. The van der Waals surface area contributed by atoms with E-state index in [-0.39, 0.29) is 23.7 Å². The standard InChI is InChI=1S/C27H23FN2O3/c28-19-10-8-18(9-11-19)21-4-1-2-5-24(21)27(32)30(20-12-13-20)16-15-29-26(31)23-6-3-7-25-22(23)14-17-33-25/h1-11,14,17,20H,12-13,15-16H2,(H,29,31). The Bertz CT molecular complexity index is 1310. The van der Waals surface area contributed by atoms with Gasteiger partial charge in [0.15, 0.2) is 0 Å². The molecule has 166 valence electrons. The number of carbonyl (C=O) groups is 2. The van der Waals surface area contributed by atoms with Gasteiger partial charge in [-0.3, -0.25) is 9.59 Å². The third-order valence-corrected chi connectivity index (χ3v) is 5.94. The third kappa shape index (κ3) is 4.37. The molecule has 0 spiro atoms. The van der Waals surface area contributed by atoms with Crippen LogP contribution in [0, 0.1) is 5.82 Å². The van der Waals surface area contributed by atoms with Crippen LogP contribution < -0.4 is 5.32 Å². The highest BCUT2D eigenvalue weighted by Crippen LogP contribution is 2.31. The summed E-state index contributed by atoms with van der Waals surface area (Å²) in [5.41, 5.74) is 3.34. The van der Waals surface area contributed by atoms with Crippen molar-refractivity contribution in [3.05, 3.63) is 96.0 Å². The third-order valence-electron chi connectivity index (χ3n) is 5.94. The number of fused-ring (bicyclic) bond motifs is 1. The monoisotopic (exact) mass is 442 g/mol. The molecule has 1 saturated carbocycles. The Morgan fingerprint density at radius 2 is 1.70 bits per heavy atom. The highest BCUT2D eigenvalue weighted by molar-refractivity contribution is 6.06. The van der Waals surface area contributed by atoms with Gasteiger partial charge in [-0.15, -0.1) is 0 Å². The Kier molecular flexibility index (Phi) is 5.65. The van der Waals surface area contributed by atoms with E-state index in [2.05, 4.69) is 5.32 Å². The van der Waals surface area contributed by atoms with Crippen LogP contribution in [-0.2, 0) is 0 Å². The first kappa shape index (κ1) is 20.9. The van der Waals surface area contributed by atoms with Crippen LogP contribution in [0.4, 0.5) is 4.39 Å². The number of benzene rings is 3. The lowest BCUT2D eigenvalue weighted by Crippen LogP contribution is -2.40. The molecule has 1 fully saturated rings. The lowest BCUT2D eigenvalue weighted by atomic mass is 9.98. The van der Waals surface area contributed by atoms with Crippen LogP contribution in [0.2, 0.25) is 0 Å². The Labute approximate surface area is 190 Å². The summed E-state index contributed by atoms with van der Waals surface area (Å²) in [5.74, 6) is -0.593. The lowest BCUT2D eigenvalue weighted by molar-refractivity contribution is 0.0737. The maximum absolute atomic E-state index is 13.5. The van der Waals surface area contributed by atoms with Crippen molar-refractivity contribution < 1.29 is 18.4 Å². The highest BCUT2D eigenvalue weighted by Gasteiger charge is 2.33. The molecule has 3 aromatic carbocycles. The molecule has 0 saturated heterocycles. The van der Waals surface area contributed by atoms with E-state index in [4.69, 9.17) is 4.42 Å². The maximum atomic E-state index is 13.5. The molecule has 0 atom stereocenters. The summed E-state index contributed by atoms with van der Waals surface area (Å²) in [4.78, 5) is 28.1. The molecule has 0 unspecified atom stereocenters. The van der Waals surface area contributed by atoms with Gasteiger partial charge in [0.1, 0.15) is 11.4 Å². The van der Waals surface area contributed by atoms with E-state index in [1.807, 2.05) is 29.2 Å². The van der Waals surface area contributed by atoms with Gasteiger partial charge in [0.2, 0.25) is 0 Å². The van der Waals surface area contributed by atoms with Crippen molar-refractivity contribution in [2.75, 3.05) is 13.1 Å². The molecule has 0 bridgehead atoms. The normalized spacial score (nSPS) is 13.1. The molecule has 1 aromatic heterocycles. The lowest BCUT2D eigenvalue weighted by Gasteiger charge is -2.24. The topological polar surface area (TPSA) is 62.6 Å². The fourth-order valence-electron chi connectivity index (χ4n) is 4.12. The minimum Gasteiger partial charge on any atom is -0.464 e. The number of carbonyl (C=O) groups excluding carboxylic acids is 2. The number of hydrogen-bond donors (Lipinski definition) is 1. The number of nitrogens with one attached hydrogen (secondary N) is 1. The van der Waals surface area contributed by atoms with Gasteiger partial charge in [-0.05, 0) is 60.4 Å². The number of hydrogen-bond acceptors (Lipinski definition) is 3. The van der Waals surface area contributed by atoms with Crippen molar-refractivity contribution >= 4 is 22.8 Å². The Balaban J connectivity index is 1.31. The summed E-state index contributed by atoms with van der Waals surface area (Å²) >= 11 is 0. The Morgan fingerprint density at radius 3 is 2.48 bits per heavy atom. The van der Waals surface area contributed by atoms with E-state index in [1.54, 1.807) is 42.7 Å². The van der Waals surface area contributed by atoms with E-state index in [0.29, 0.717) is 29.8 Å². The number of furan rings is 1. The largest absolute Gasteiger partial charge is 0.464 e. The van der Waals surface area contributed by atoms with E-state index < -0.39 is 0 Å². The van der Waals surface area contributed by atoms with Crippen molar-refractivity contribution in [1.82, 2.24) is 10.2 Å². The first-order chi connectivity index (χ1) is 16.1. The minimum atomic E-state index is -0.316. The van der Waals surface area contributed by atoms with E-state index >= 15 is 0 Å². The van der Waals surface area contributed by atoms with Crippen LogP contribution in [0.5, 0.6) is 0 Å². The maximum Gasteiger partial charge on any atom is 0.254 e. The predicted molar refractivity (Wildman–Crippen MR) is 124 cm³/mol. The number of amides is 2. The molecule has 1 aliphatic rings. The summed E-state index contributed by atoms with van der Waals surface area (Å²) in [6.45, 7) is 0.752. The molecule has 0 aliphatic heterocycles. The predicted octanol–water partition coefficient (Wildman–Crippen LogP) is 5.27. The van der Waals surface area contributed by atoms with Gasteiger partial charge in [0, 0.05) is 30.1 Å². The van der Waals surface area contributed by atoms with Crippen molar-refractivity contribution in [1.29, 1.82) is 0 Å². The van der Waals surface area contributed by atoms with Crippen LogP contribution in [-0.4, -0.2) is 35.8 Å². The van der Waals surface area contributed by atoms with E-state index in [9.17, 15) is 14.0 Å². The molecule has 1 N–H and O–H groups in total. The Hall–Kier alpha value is -3.93. The van der Waals surface area contributed by atoms with Crippen LogP contribution in [0.25, 0.3) is 22.1 Å². The zero-order valence-corrected chi connectivity index (χ0v) is 18.0. The quantitative estimate of drug-likeness (QED) is 0.424. The Morgan fingerprint density at radius 1 is 0.939 bits per heavy atom. The first-order valence-electron chi connectivity index (χ1n) is 11.0. The molecule has 1 heterocycles. The fourth-order valence-corrected chi connectivity index (χ4v) is 4.12. The second-order valence-electron chi connectivity index (χ2n) is 8.18. The zero-order chi connectivity index (χ0) is 22.8. The average Bonchev–Trinajstić information content (AvgIpc) is 3.56. The SMILES string of the molecule is O=C(NCCN(C(=O)c1ccccc1-c1ccc(F)cc1)C1CC1)c1cccc2occc12. The molecular weight excluding hydrogens is 419 g/mol. The van der Waals surface area contributed by atoms with Gasteiger partial charge in [-0.25, -0.2) is 4.39 Å². The van der Waals surface area contributed by atoms with Crippen molar-refractivity contribution in [2.45, 2.75) is 18.9 Å². The summed E-state index contributed by atoms with van der Waals surface area (Å²) in [7, 11) is 0.